The minimum absolute atomic E-state index is 0.0946. The van der Waals surface area contributed by atoms with E-state index in [1.165, 1.54) is 11.3 Å². The number of urea groups is 1. The number of carbonyl (C=O) groups is 1. The van der Waals surface area contributed by atoms with Gasteiger partial charge in [-0.15, -0.1) is 0 Å². The Morgan fingerprint density at radius 1 is 0.886 bits per heavy atom. The predicted molar refractivity (Wildman–Crippen MR) is 142 cm³/mol. The first-order valence-corrected chi connectivity index (χ1v) is 12.2. The van der Waals surface area contributed by atoms with E-state index in [1.54, 1.807) is 0 Å². The van der Waals surface area contributed by atoms with Crippen molar-refractivity contribution in [3.05, 3.63) is 71.4 Å². The summed E-state index contributed by atoms with van der Waals surface area (Å²) in [5.74, 6) is 1.68. The van der Waals surface area contributed by atoms with Gasteiger partial charge in [0.25, 0.3) is 0 Å². The van der Waals surface area contributed by atoms with Crippen LogP contribution in [0.25, 0.3) is 0 Å². The fraction of sp³-hybridized carbons (Fsp3) is 0.370. The predicted octanol–water partition coefficient (Wildman–Crippen LogP) is 3.77. The van der Waals surface area contributed by atoms with E-state index in [2.05, 4.69) is 46.3 Å². The largest absolute Gasteiger partial charge is 0.368 e. The third-order valence-electron chi connectivity index (χ3n) is 6.72. The number of aromatic nitrogens is 2. The Labute approximate surface area is 207 Å². The fourth-order valence-electron chi connectivity index (χ4n) is 4.71. The van der Waals surface area contributed by atoms with E-state index in [0.717, 1.165) is 61.3 Å². The lowest BCUT2D eigenvalue weighted by Crippen LogP contribution is -2.47. The van der Waals surface area contributed by atoms with Crippen molar-refractivity contribution in [2.75, 3.05) is 66.8 Å². The highest BCUT2D eigenvalue weighted by molar-refractivity contribution is 5.89. The molecule has 2 aromatic carbocycles. The third-order valence-corrected chi connectivity index (χ3v) is 6.72. The summed E-state index contributed by atoms with van der Waals surface area (Å²) in [6.07, 6.45) is 0.719. The maximum Gasteiger partial charge on any atom is 0.322 e. The van der Waals surface area contributed by atoms with Crippen LogP contribution in [0.3, 0.4) is 0 Å². The minimum atomic E-state index is -0.0946. The van der Waals surface area contributed by atoms with Gasteiger partial charge in [0, 0.05) is 70.2 Å². The number of piperazine rings is 1. The van der Waals surface area contributed by atoms with Crippen LogP contribution in [-0.2, 0) is 13.0 Å². The van der Waals surface area contributed by atoms with Crippen molar-refractivity contribution in [2.24, 2.45) is 0 Å². The maximum atomic E-state index is 12.9. The molecule has 0 aliphatic carbocycles. The molecule has 3 aromatic rings. The van der Waals surface area contributed by atoms with Gasteiger partial charge >= 0.3 is 6.03 Å². The van der Waals surface area contributed by atoms with Crippen LogP contribution in [0.4, 0.5) is 27.9 Å². The monoisotopic (exact) mass is 471 g/mol. The smallest absolute Gasteiger partial charge is 0.322 e. The number of fused-ring (bicyclic) bond motifs is 1. The quantitative estimate of drug-likeness (QED) is 0.625. The highest BCUT2D eigenvalue weighted by Gasteiger charge is 2.28. The number of amides is 2. The van der Waals surface area contributed by atoms with Gasteiger partial charge in [-0.2, -0.15) is 4.98 Å². The first-order chi connectivity index (χ1) is 17.0. The molecule has 8 heteroatoms. The van der Waals surface area contributed by atoms with Gasteiger partial charge in [-0.3, -0.25) is 0 Å². The molecule has 1 aromatic heterocycles. The second-order valence-corrected chi connectivity index (χ2v) is 9.44. The van der Waals surface area contributed by atoms with Crippen LogP contribution in [0, 0.1) is 6.92 Å². The van der Waals surface area contributed by atoms with Crippen LogP contribution in [0.15, 0.2) is 54.6 Å². The number of carbonyl (C=O) groups excluding carboxylic acids is 1. The molecule has 35 heavy (non-hydrogen) atoms. The number of benzene rings is 2. The first kappa shape index (κ1) is 23.0. The number of nitrogens with one attached hydrogen (secondary N) is 1. The number of anilines is 4. The van der Waals surface area contributed by atoms with E-state index in [4.69, 9.17) is 9.97 Å². The molecule has 3 heterocycles. The van der Waals surface area contributed by atoms with Gasteiger partial charge in [-0.25, -0.2) is 9.78 Å². The molecule has 0 radical (unpaired) electrons. The molecule has 1 N–H and O–H groups in total. The Hall–Kier alpha value is -3.81. The Kier molecular flexibility index (Phi) is 6.44. The molecule has 0 unspecified atom stereocenters. The molecular formula is C27H33N7O. The normalized spacial score (nSPS) is 15.6. The second kappa shape index (κ2) is 9.82. The zero-order valence-electron chi connectivity index (χ0n) is 20.7. The molecule has 2 aliphatic rings. The van der Waals surface area contributed by atoms with E-state index >= 15 is 0 Å². The van der Waals surface area contributed by atoms with Gasteiger partial charge in [0.05, 0.1) is 12.2 Å². The molecule has 0 atom stereocenters. The van der Waals surface area contributed by atoms with Crippen molar-refractivity contribution >= 4 is 29.2 Å². The average Bonchev–Trinajstić information content (AvgIpc) is 2.89. The number of aryl methyl sites for hydroxylation is 1. The van der Waals surface area contributed by atoms with E-state index in [1.807, 2.05) is 54.2 Å². The van der Waals surface area contributed by atoms with E-state index in [-0.39, 0.29) is 6.03 Å². The standard InChI is InChI=1S/C27H33N7O/c1-20-9-11-22(12-10-20)32-15-17-33(18-16-32)26-29-24-13-14-34(19-23(24)25(30-26)31(2)3)27(35)28-21-7-5-4-6-8-21/h4-12H,13-19H2,1-3H3,(H,28,35). The summed E-state index contributed by atoms with van der Waals surface area (Å²) in [5, 5.41) is 2.99. The number of nitrogens with zero attached hydrogens (tertiary/aromatic N) is 6. The summed E-state index contributed by atoms with van der Waals surface area (Å²) in [4.78, 5) is 31.4. The summed E-state index contributed by atoms with van der Waals surface area (Å²) < 4.78 is 0. The molecule has 1 fully saturated rings. The zero-order chi connectivity index (χ0) is 24.4. The van der Waals surface area contributed by atoms with Crippen molar-refractivity contribution in [1.29, 1.82) is 0 Å². The number of para-hydroxylation sites is 1. The van der Waals surface area contributed by atoms with Crippen LogP contribution >= 0.6 is 0 Å². The summed E-state index contributed by atoms with van der Waals surface area (Å²) in [7, 11) is 4.01. The zero-order valence-corrected chi connectivity index (χ0v) is 20.7. The Morgan fingerprint density at radius 2 is 1.57 bits per heavy atom. The molecule has 1 saturated heterocycles. The molecule has 0 spiro atoms. The van der Waals surface area contributed by atoms with Gasteiger partial charge in [0.1, 0.15) is 5.82 Å². The molecule has 2 amide bonds. The van der Waals surface area contributed by atoms with Crippen LogP contribution in [0.2, 0.25) is 0 Å². The van der Waals surface area contributed by atoms with Crippen molar-refractivity contribution in [1.82, 2.24) is 14.9 Å². The Morgan fingerprint density at radius 3 is 2.26 bits per heavy atom. The second-order valence-electron chi connectivity index (χ2n) is 9.44. The van der Waals surface area contributed by atoms with Crippen molar-refractivity contribution in [3.8, 4) is 0 Å². The topological polar surface area (TPSA) is 67.8 Å². The van der Waals surface area contributed by atoms with Gasteiger partial charge in [0.2, 0.25) is 5.95 Å². The Balaban J connectivity index is 1.30. The first-order valence-electron chi connectivity index (χ1n) is 12.2. The van der Waals surface area contributed by atoms with Crippen molar-refractivity contribution in [2.45, 2.75) is 19.9 Å². The number of hydrogen-bond donors (Lipinski definition) is 1. The summed E-state index contributed by atoms with van der Waals surface area (Å²) in [6.45, 7) is 6.89. The summed E-state index contributed by atoms with van der Waals surface area (Å²) >= 11 is 0. The van der Waals surface area contributed by atoms with Gasteiger partial charge in [0.15, 0.2) is 0 Å². The SMILES string of the molecule is Cc1ccc(N2CCN(c3nc4c(c(N(C)C)n3)CN(C(=O)Nc3ccccc3)CC4)CC2)cc1. The highest BCUT2D eigenvalue weighted by Crippen LogP contribution is 2.29. The van der Waals surface area contributed by atoms with Crippen LogP contribution in [0.5, 0.6) is 0 Å². The molecule has 182 valence electrons. The lowest BCUT2D eigenvalue weighted by Gasteiger charge is -2.37. The van der Waals surface area contributed by atoms with Gasteiger partial charge in [-0.05, 0) is 31.2 Å². The van der Waals surface area contributed by atoms with Crippen LogP contribution in [0.1, 0.15) is 16.8 Å². The molecule has 8 nitrogen and oxygen atoms in total. The highest BCUT2D eigenvalue weighted by atomic mass is 16.2. The van der Waals surface area contributed by atoms with Gasteiger partial charge < -0.3 is 24.9 Å². The third kappa shape index (κ3) is 5.01. The molecule has 5 rings (SSSR count). The van der Waals surface area contributed by atoms with Crippen molar-refractivity contribution in [3.63, 3.8) is 0 Å². The molecule has 2 aliphatic heterocycles. The minimum Gasteiger partial charge on any atom is -0.368 e. The van der Waals surface area contributed by atoms with E-state index in [0.29, 0.717) is 13.1 Å². The number of rotatable bonds is 4. The molecular weight excluding hydrogens is 438 g/mol. The lowest BCUT2D eigenvalue weighted by molar-refractivity contribution is 0.206. The average molecular weight is 472 g/mol. The summed E-state index contributed by atoms with van der Waals surface area (Å²) in [5.41, 5.74) is 5.43. The van der Waals surface area contributed by atoms with Crippen molar-refractivity contribution < 1.29 is 4.79 Å². The lowest BCUT2D eigenvalue weighted by atomic mass is 10.1. The van der Waals surface area contributed by atoms with Gasteiger partial charge in [-0.1, -0.05) is 35.9 Å². The fourth-order valence-corrected chi connectivity index (χ4v) is 4.71. The molecule has 0 bridgehead atoms. The van der Waals surface area contributed by atoms with Crippen LogP contribution < -0.4 is 20.0 Å². The summed E-state index contributed by atoms with van der Waals surface area (Å²) in [6, 6.07) is 18.2. The van der Waals surface area contributed by atoms with E-state index in [9.17, 15) is 4.79 Å². The number of hydrogen-bond acceptors (Lipinski definition) is 6. The van der Waals surface area contributed by atoms with E-state index < -0.39 is 0 Å². The Bertz CT molecular complexity index is 1170. The molecule has 0 saturated carbocycles. The maximum absolute atomic E-state index is 12.9. The van der Waals surface area contributed by atoms with Crippen LogP contribution in [-0.4, -0.2) is 67.7 Å².